The number of hydrogen-bond donors (Lipinski definition) is 0. The first-order valence-corrected chi connectivity index (χ1v) is 13.1. The summed E-state index contributed by atoms with van der Waals surface area (Å²) in [5.74, 6) is 0.0857. The van der Waals surface area contributed by atoms with Gasteiger partial charge in [-0.2, -0.15) is 0 Å². The van der Waals surface area contributed by atoms with Crippen LogP contribution in [0.2, 0.25) is 0 Å². The molecule has 3 heterocycles. The lowest BCUT2D eigenvalue weighted by Crippen LogP contribution is -2.43. The largest absolute Gasteiger partial charge is 0.448 e. The Morgan fingerprint density at radius 3 is 2.16 bits per heavy atom. The van der Waals surface area contributed by atoms with Crippen LogP contribution in [0, 0.1) is 0 Å². The van der Waals surface area contributed by atoms with Crippen LogP contribution in [0.4, 0.5) is 4.79 Å². The molecular formula is C33H28N2O2. The Kier molecular flexibility index (Phi) is 5.39. The predicted molar refractivity (Wildman–Crippen MR) is 146 cm³/mol. The van der Waals surface area contributed by atoms with Crippen molar-refractivity contribution in [3.63, 3.8) is 0 Å². The maximum Gasteiger partial charge on any atom is 0.410 e. The number of amides is 1. The van der Waals surface area contributed by atoms with Crippen molar-refractivity contribution in [2.45, 2.75) is 37.3 Å². The molecule has 4 aromatic rings. The molecule has 2 bridgehead atoms. The molecule has 1 aliphatic carbocycles. The number of ether oxygens (including phenoxy) is 1. The average molecular weight is 485 g/mol. The standard InChI is InChI=1S/C33H28N2O2/c36-33(37-21-31-29-9-3-1-7-27(29)28-8-2-4-10-30(28)31)35-25-16-17-26(35)20-24(19-25)22-12-14-23(15-13-22)32-11-5-6-18-34-32/h1-15,18-19,25-26,31H,16-17,20-21H2. The second-order valence-corrected chi connectivity index (χ2v) is 10.2. The summed E-state index contributed by atoms with van der Waals surface area (Å²) < 4.78 is 6.02. The summed E-state index contributed by atoms with van der Waals surface area (Å²) in [6, 6.07) is 31.8. The molecule has 1 saturated heterocycles. The van der Waals surface area contributed by atoms with Crippen molar-refractivity contribution in [3.8, 4) is 22.4 Å². The summed E-state index contributed by atoms with van der Waals surface area (Å²) in [5, 5.41) is 0. The van der Waals surface area contributed by atoms with E-state index >= 15 is 0 Å². The van der Waals surface area contributed by atoms with E-state index in [1.54, 1.807) is 0 Å². The second kappa shape index (κ2) is 9.04. The van der Waals surface area contributed by atoms with Gasteiger partial charge in [0, 0.05) is 23.7 Å². The number of hydrogen-bond acceptors (Lipinski definition) is 3. The molecule has 2 unspecified atom stereocenters. The van der Waals surface area contributed by atoms with Crippen LogP contribution in [0.5, 0.6) is 0 Å². The van der Waals surface area contributed by atoms with E-state index in [2.05, 4.69) is 83.9 Å². The summed E-state index contributed by atoms with van der Waals surface area (Å²) in [4.78, 5) is 19.8. The van der Waals surface area contributed by atoms with Crippen molar-refractivity contribution in [1.82, 2.24) is 9.88 Å². The first-order valence-electron chi connectivity index (χ1n) is 13.1. The van der Waals surface area contributed by atoms with Crippen LogP contribution >= 0.6 is 0 Å². The molecule has 7 rings (SSSR count). The van der Waals surface area contributed by atoms with E-state index in [4.69, 9.17) is 4.74 Å². The van der Waals surface area contributed by atoms with Crippen LogP contribution in [0.15, 0.2) is 103 Å². The van der Waals surface area contributed by atoms with Gasteiger partial charge in [0.2, 0.25) is 0 Å². The topological polar surface area (TPSA) is 42.4 Å². The third kappa shape index (κ3) is 3.84. The number of aromatic nitrogens is 1. The molecule has 3 aromatic carbocycles. The van der Waals surface area contributed by atoms with E-state index in [1.165, 1.54) is 33.4 Å². The normalized spacial score (nSPS) is 19.8. The van der Waals surface area contributed by atoms with Crippen molar-refractivity contribution in [1.29, 1.82) is 0 Å². The lowest BCUT2D eigenvalue weighted by molar-refractivity contribution is 0.0866. The summed E-state index contributed by atoms with van der Waals surface area (Å²) in [6.45, 7) is 0.369. The number of benzene rings is 3. The van der Waals surface area contributed by atoms with E-state index in [0.29, 0.717) is 6.61 Å². The molecule has 4 heteroatoms. The highest BCUT2D eigenvalue weighted by atomic mass is 16.6. The zero-order valence-electron chi connectivity index (χ0n) is 20.6. The van der Waals surface area contributed by atoms with Gasteiger partial charge in [-0.05, 0) is 64.8 Å². The number of rotatable bonds is 4. The SMILES string of the molecule is O=C(OCC1c2ccccc2-c2ccccc21)N1C2C=C(c3ccc(-c4ccccn4)cc3)CC1CC2. The van der Waals surface area contributed by atoms with Gasteiger partial charge in [0.05, 0.1) is 11.7 Å². The lowest BCUT2D eigenvalue weighted by Gasteiger charge is -2.33. The number of carbonyl (C=O) groups excluding carboxylic acids is 1. The molecule has 4 nitrogen and oxygen atoms in total. The molecule has 1 fully saturated rings. The number of pyridine rings is 1. The third-order valence-corrected chi connectivity index (χ3v) is 8.16. The molecule has 1 amide bonds. The lowest BCUT2D eigenvalue weighted by atomic mass is 9.94. The molecule has 37 heavy (non-hydrogen) atoms. The number of nitrogens with zero attached hydrogens (tertiary/aromatic N) is 2. The maximum atomic E-state index is 13.4. The molecule has 3 aliphatic rings. The van der Waals surface area contributed by atoms with Crippen molar-refractivity contribution < 1.29 is 9.53 Å². The molecule has 2 atom stereocenters. The minimum atomic E-state index is -0.185. The van der Waals surface area contributed by atoms with E-state index in [-0.39, 0.29) is 24.1 Å². The molecule has 0 saturated carbocycles. The van der Waals surface area contributed by atoms with Crippen LogP contribution in [-0.4, -0.2) is 34.7 Å². The Bertz CT molecular complexity index is 1450. The van der Waals surface area contributed by atoms with Crippen molar-refractivity contribution in [2.75, 3.05) is 6.61 Å². The molecule has 1 aromatic heterocycles. The number of carbonyl (C=O) groups is 1. The van der Waals surface area contributed by atoms with Gasteiger partial charge in [0.25, 0.3) is 0 Å². The van der Waals surface area contributed by atoms with Crippen LogP contribution in [0.1, 0.15) is 41.9 Å². The molecule has 0 N–H and O–H groups in total. The van der Waals surface area contributed by atoms with Gasteiger partial charge >= 0.3 is 6.09 Å². The average Bonchev–Trinajstić information content (AvgIpc) is 3.42. The first-order chi connectivity index (χ1) is 18.3. The molecule has 182 valence electrons. The zero-order chi connectivity index (χ0) is 24.8. The number of fused-ring (bicyclic) bond motifs is 5. The smallest absolute Gasteiger partial charge is 0.410 e. The monoisotopic (exact) mass is 484 g/mol. The fourth-order valence-corrected chi connectivity index (χ4v) is 6.39. The molecule has 0 spiro atoms. The van der Waals surface area contributed by atoms with Gasteiger partial charge in [-0.3, -0.25) is 9.88 Å². The molecular weight excluding hydrogens is 456 g/mol. The van der Waals surface area contributed by atoms with E-state index < -0.39 is 0 Å². The van der Waals surface area contributed by atoms with E-state index in [0.717, 1.165) is 30.5 Å². The quantitative estimate of drug-likeness (QED) is 0.305. The highest BCUT2D eigenvalue weighted by molar-refractivity contribution is 5.79. The fourth-order valence-electron chi connectivity index (χ4n) is 6.39. The Labute approximate surface area is 217 Å². The predicted octanol–water partition coefficient (Wildman–Crippen LogP) is 7.32. The summed E-state index contributed by atoms with van der Waals surface area (Å²) in [6.07, 6.45) is 6.79. The van der Waals surface area contributed by atoms with Gasteiger partial charge in [-0.25, -0.2) is 4.79 Å². The highest BCUT2D eigenvalue weighted by Crippen LogP contribution is 2.45. The van der Waals surface area contributed by atoms with Gasteiger partial charge in [-0.1, -0.05) is 84.9 Å². The third-order valence-electron chi connectivity index (χ3n) is 8.16. The minimum Gasteiger partial charge on any atom is -0.448 e. The Morgan fingerprint density at radius 1 is 0.811 bits per heavy atom. The van der Waals surface area contributed by atoms with Crippen molar-refractivity contribution in [3.05, 3.63) is 120 Å². The summed E-state index contributed by atoms with van der Waals surface area (Å²) >= 11 is 0. The Morgan fingerprint density at radius 2 is 1.49 bits per heavy atom. The van der Waals surface area contributed by atoms with Crippen LogP contribution < -0.4 is 0 Å². The van der Waals surface area contributed by atoms with Crippen LogP contribution in [0.3, 0.4) is 0 Å². The maximum absolute atomic E-state index is 13.4. The van der Waals surface area contributed by atoms with Gasteiger partial charge in [-0.15, -0.1) is 0 Å². The van der Waals surface area contributed by atoms with Gasteiger partial charge in [0.1, 0.15) is 6.61 Å². The van der Waals surface area contributed by atoms with Crippen molar-refractivity contribution in [2.24, 2.45) is 0 Å². The summed E-state index contributed by atoms with van der Waals surface area (Å²) in [7, 11) is 0. The van der Waals surface area contributed by atoms with Crippen molar-refractivity contribution >= 4 is 11.7 Å². The molecule has 2 aliphatic heterocycles. The zero-order valence-corrected chi connectivity index (χ0v) is 20.6. The second-order valence-electron chi connectivity index (χ2n) is 10.2. The summed E-state index contributed by atoms with van der Waals surface area (Å²) in [5.41, 5.74) is 9.63. The van der Waals surface area contributed by atoms with E-state index in [9.17, 15) is 4.79 Å². The fraction of sp³-hybridized carbons (Fsp3) is 0.212. The van der Waals surface area contributed by atoms with Gasteiger partial charge in [0.15, 0.2) is 0 Å². The van der Waals surface area contributed by atoms with Gasteiger partial charge < -0.3 is 4.74 Å². The molecule has 0 radical (unpaired) electrons. The minimum absolute atomic E-state index is 0.0857. The van der Waals surface area contributed by atoms with Crippen LogP contribution in [-0.2, 0) is 4.74 Å². The first kappa shape index (κ1) is 22.1. The Balaban J connectivity index is 1.07. The Hall–Kier alpha value is -4.18. The van der Waals surface area contributed by atoms with Crippen LogP contribution in [0.25, 0.3) is 28.0 Å². The highest BCUT2D eigenvalue weighted by Gasteiger charge is 2.41. The van der Waals surface area contributed by atoms with E-state index in [1.807, 2.05) is 29.3 Å².